The lowest BCUT2D eigenvalue weighted by atomic mass is 9.44. The van der Waals surface area contributed by atoms with Crippen molar-refractivity contribution < 1.29 is 9.90 Å². The summed E-state index contributed by atoms with van der Waals surface area (Å²) in [6.45, 7) is 7.60. The average molecular weight is 439 g/mol. The number of fused-ring (bicyclic) bond motifs is 5. The van der Waals surface area contributed by atoms with Gasteiger partial charge in [-0.05, 0) is 104 Å². The summed E-state index contributed by atoms with van der Waals surface area (Å²) < 4.78 is 0. The molecule has 1 N–H and O–H groups in total. The second-order valence-electron chi connectivity index (χ2n) is 11.0. The molecule has 3 unspecified atom stereocenters. The van der Waals surface area contributed by atoms with Gasteiger partial charge in [0.25, 0.3) is 0 Å². The summed E-state index contributed by atoms with van der Waals surface area (Å²) in [5, 5.41) is 9.09. The van der Waals surface area contributed by atoms with E-state index in [0.29, 0.717) is 23.2 Å². The number of hydrogen-bond donors (Lipinski definition) is 1. The van der Waals surface area contributed by atoms with Crippen molar-refractivity contribution in [1.29, 1.82) is 0 Å². The van der Waals surface area contributed by atoms with Crippen LogP contribution >= 0.6 is 0 Å². The van der Waals surface area contributed by atoms with Crippen molar-refractivity contribution >= 4 is 5.97 Å². The Morgan fingerprint density at radius 3 is 2.09 bits per heavy atom. The first-order valence-corrected chi connectivity index (χ1v) is 12.6. The monoisotopic (exact) mass is 438 g/mol. The molecule has 0 bridgehead atoms. The van der Waals surface area contributed by atoms with Crippen LogP contribution in [-0.2, 0) is 4.79 Å². The van der Waals surface area contributed by atoms with Gasteiger partial charge in [-0.2, -0.15) is 0 Å². The van der Waals surface area contributed by atoms with Gasteiger partial charge in [-0.15, -0.1) is 38.5 Å². The molecule has 0 aromatic heterocycles. The number of aliphatic carboxylic acids is 1. The maximum Gasteiger partial charge on any atom is 0.303 e. The van der Waals surface area contributed by atoms with E-state index in [-0.39, 0.29) is 0 Å². The summed E-state index contributed by atoms with van der Waals surface area (Å²) in [7, 11) is 0. The summed E-state index contributed by atoms with van der Waals surface area (Å²) in [5.41, 5.74) is 1.12. The second kappa shape index (κ2) is 12.4. The molecule has 0 aromatic carbocycles. The fourth-order valence-corrected chi connectivity index (χ4v) is 8.82. The number of carboxylic acid groups (broad SMARTS) is 1. The van der Waals surface area contributed by atoms with Crippen molar-refractivity contribution in [2.45, 2.75) is 97.8 Å². The number of carboxylic acids is 1. The molecule has 0 radical (unpaired) electrons. The molecule has 0 spiro atoms. The van der Waals surface area contributed by atoms with E-state index in [1.165, 1.54) is 64.2 Å². The Hall–Kier alpha value is -1.85. The molecule has 4 rings (SSSR count). The van der Waals surface area contributed by atoms with Gasteiger partial charge in [0, 0.05) is 6.42 Å². The number of hydrogen-bond acceptors (Lipinski definition) is 1. The summed E-state index contributed by atoms with van der Waals surface area (Å²) in [4.78, 5) is 11.0. The SMILES string of the molecule is C#C.C#C.C#C.C[C@H](CCC(=O)O)C1CCC2[C@@H]3CC[C@@H]4CCCC[C@]4(C)C3CC[C@@]21C. The summed E-state index contributed by atoms with van der Waals surface area (Å²) in [6, 6.07) is 0. The van der Waals surface area contributed by atoms with Crippen LogP contribution in [0.4, 0.5) is 0 Å². The summed E-state index contributed by atoms with van der Waals surface area (Å²) >= 11 is 0. The van der Waals surface area contributed by atoms with E-state index < -0.39 is 5.97 Å². The van der Waals surface area contributed by atoms with Crippen molar-refractivity contribution in [2.24, 2.45) is 46.3 Å². The molecule has 0 amide bonds. The first kappa shape index (κ1) is 28.2. The lowest BCUT2D eigenvalue weighted by Gasteiger charge is -2.61. The highest BCUT2D eigenvalue weighted by Gasteiger charge is 2.60. The highest BCUT2D eigenvalue weighted by atomic mass is 16.4. The van der Waals surface area contributed by atoms with Crippen LogP contribution in [-0.4, -0.2) is 11.1 Å². The molecule has 2 nitrogen and oxygen atoms in total. The molecule has 0 heterocycles. The van der Waals surface area contributed by atoms with E-state index in [1.807, 2.05) is 0 Å². The van der Waals surface area contributed by atoms with Gasteiger partial charge in [-0.3, -0.25) is 4.79 Å². The first-order valence-electron chi connectivity index (χ1n) is 12.6. The standard InChI is InChI=1S/C24H40O2.3C2H2/c1-16(7-12-22(25)26)19-10-11-20-18-9-8-17-6-4-5-14-23(17,2)21(18)13-15-24(19,20)3;3*1-2/h16-21H,4-15H2,1-3H3,(H,25,26);3*1-2H/t16-,17+,18+,19?,20?,21?,23+,24-;;;/m1.../s1. The normalized spacial score (nSPS) is 40.0. The molecule has 4 aliphatic carbocycles. The minimum absolute atomic E-state index is 0.351. The van der Waals surface area contributed by atoms with Gasteiger partial charge < -0.3 is 5.11 Å². The van der Waals surface area contributed by atoms with E-state index in [0.717, 1.165) is 36.0 Å². The average Bonchev–Trinajstić information content (AvgIpc) is 3.18. The maximum atomic E-state index is 11.0. The van der Waals surface area contributed by atoms with Crippen LogP contribution in [0.3, 0.4) is 0 Å². The van der Waals surface area contributed by atoms with Gasteiger partial charge in [-0.25, -0.2) is 0 Å². The van der Waals surface area contributed by atoms with E-state index in [2.05, 4.69) is 59.3 Å². The molecule has 8 atom stereocenters. The zero-order chi connectivity index (χ0) is 24.5. The molecule has 178 valence electrons. The number of terminal acetylenes is 3. The fourth-order valence-electron chi connectivity index (χ4n) is 8.82. The van der Waals surface area contributed by atoms with Crippen LogP contribution in [0.15, 0.2) is 0 Å². The largest absolute Gasteiger partial charge is 0.481 e. The van der Waals surface area contributed by atoms with Gasteiger partial charge in [0.1, 0.15) is 0 Å². The summed E-state index contributed by atoms with van der Waals surface area (Å²) in [6.07, 6.45) is 39.7. The Bertz CT molecular complexity index is 643. The molecule has 4 aliphatic rings. The van der Waals surface area contributed by atoms with Gasteiger partial charge in [0.2, 0.25) is 0 Å². The first-order chi connectivity index (χ1) is 15.4. The van der Waals surface area contributed by atoms with E-state index in [9.17, 15) is 4.79 Å². The molecule has 0 aliphatic heterocycles. The lowest BCUT2D eigenvalue weighted by Crippen LogP contribution is -2.53. The van der Waals surface area contributed by atoms with E-state index in [1.54, 1.807) is 0 Å². The highest BCUT2D eigenvalue weighted by Crippen LogP contribution is 2.68. The van der Waals surface area contributed by atoms with Crippen molar-refractivity contribution in [3.05, 3.63) is 0 Å². The molecular formula is C30H46O2. The van der Waals surface area contributed by atoms with Crippen LogP contribution in [0, 0.1) is 84.9 Å². The van der Waals surface area contributed by atoms with Gasteiger partial charge in [0.15, 0.2) is 0 Å². The fraction of sp³-hybridized carbons (Fsp3) is 0.767. The van der Waals surface area contributed by atoms with Crippen molar-refractivity contribution in [3.63, 3.8) is 0 Å². The Kier molecular flexibility index (Phi) is 10.9. The minimum Gasteiger partial charge on any atom is -0.481 e. The van der Waals surface area contributed by atoms with Crippen LogP contribution < -0.4 is 0 Å². The predicted molar refractivity (Wildman–Crippen MR) is 136 cm³/mol. The van der Waals surface area contributed by atoms with Crippen molar-refractivity contribution in [3.8, 4) is 38.5 Å². The second-order valence-corrected chi connectivity index (χ2v) is 11.0. The highest BCUT2D eigenvalue weighted by molar-refractivity contribution is 5.66. The van der Waals surface area contributed by atoms with E-state index >= 15 is 0 Å². The van der Waals surface area contributed by atoms with Gasteiger partial charge >= 0.3 is 5.97 Å². The van der Waals surface area contributed by atoms with Gasteiger partial charge in [-0.1, -0.05) is 33.6 Å². The Labute approximate surface area is 198 Å². The van der Waals surface area contributed by atoms with Crippen LogP contribution in [0.1, 0.15) is 97.8 Å². The predicted octanol–water partition coefficient (Wildman–Crippen LogP) is 7.28. The molecule has 4 fully saturated rings. The smallest absolute Gasteiger partial charge is 0.303 e. The van der Waals surface area contributed by atoms with Crippen LogP contribution in [0.5, 0.6) is 0 Å². The number of carbonyl (C=O) groups is 1. The zero-order valence-corrected chi connectivity index (χ0v) is 20.8. The van der Waals surface area contributed by atoms with E-state index in [4.69, 9.17) is 5.11 Å². The molecule has 0 saturated heterocycles. The van der Waals surface area contributed by atoms with Crippen LogP contribution in [0.2, 0.25) is 0 Å². The molecule has 2 heteroatoms. The third kappa shape index (κ3) is 5.20. The minimum atomic E-state index is -0.621. The quantitative estimate of drug-likeness (QED) is 0.468. The lowest BCUT2D eigenvalue weighted by molar-refractivity contribution is -0.137. The Morgan fingerprint density at radius 1 is 0.844 bits per heavy atom. The Morgan fingerprint density at radius 2 is 1.47 bits per heavy atom. The van der Waals surface area contributed by atoms with Crippen LogP contribution in [0.25, 0.3) is 0 Å². The molecule has 32 heavy (non-hydrogen) atoms. The third-order valence-corrected chi connectivity index (χ3v) is 10.2. The van der Waals surface area contributed by atoms with Crippen molar-refractivity contribution in [1.82, 2.24) is 0 Å². The molecular weight excluding hydrogens is 392 g/mol. The summed E-state index contributed by atoms with van der Waals surface area (Å²) in [5.74, 6) is 4.57. The maximum absolute atomic E-state index is 11.0. The zero-order valence-electron chi connectivity index (χ0n) is 20.8. The van der Waals surface area contributed by atoms with Gasteiger partial charge in [0.05, 0.1) is 0 Å². The third-order valence-electron chi connectivity index (χ3n) is 10.2. The molecule has 4 saturated carbocycles. The number of rotatable bonds is 4. The topological polar surface area (TPSA) is 37.3 Å². The van der Waals surface area contributed by atoms with Crippen molar-refractivity contribution in [2.75, 3.05) is 0 Å². The Balaban J connectivity index is 0.000000789. The molecule has 0 aromatic rings.